The first kappa shape index (κ1) is 16.9. The van der Waals surface area contributed by atoms with Gasteiger partial charge in [0.05, 0.1) is 24.9 Å². The molecule has 22 heavy (non-hydrogen) atoms. The second kappa shape index (κ2) is 7.70. The average Bonchev–Trinajstić information content (AvgIpc) is 2.50. The molecular formula is C16H23ClN2O3. The maximum atomic E-state index is 12.3. The van der Waals surface area contributed by atoms with E-state index in [0.29, 0.717) is 34.5 Å². The van der Waals surface area contributed by atoms with Gasteiger partial charge in [-0.3, -0.25) is 4.79 Å². The van der Waals surface area contributed by atoms with Gasteiger partial charge in [0.1, 0.15) is 11.5 Å². The van der Waals surface area contributed by atoms with Crippen molar-refractivity contribution in [3.05, 3.63) is 17.2 Å². The molecule has 2 rings (SSSR count). The van der Waals surface area contributed by atoms with Gasteiger partial charge < -0.3 is 19.7 Å². The summed E-state index contributed by atoms with van der Waals surface area (Å²) in [5.41, 5.74) is 0.585. The van der Waals surface area contributed by atoms with E-state index in [-0.39, 0.29) is 5.91 Å². The van der Waals surface area contributed by atoms with Crippen LogP contribution >= 0.6 is 11.6 Å². The molecule has 1 aromatic rings. The molecular weight excluding hydrogens is 304 g/mol. The molecule has 1 N–H and O–H groups in total. The van der Waals surface area contributed by atoms with Gasteiger partial charge in [-0.25, -0.2) is 0 Å². The first-order valence-electron chi connectivity index (χ1n) is 7.43. The van der Waals surface area contributed by atoms with Gasteiger partial charge in [0.25, 0.3) is 0 Å². The zero-order valence-electron chi connectivity index (χ0n) is 13.3. The molecule has 5 nitrogen and oxygen atoms in total. The zero-order valence-corrected chi connectivity index (χ0v) is 14.1. The van der Waals surface area contributed by atoms with Crippen LogP contribution in [0.25, 0.3) is 0 Å². The molecule has 0 aliphatic carbocycles. The summed E-state index contributed by atoms with van der Waals surface area (Å²) in [6.07, 6.45) is 2.65. The highest BCUT2D eigenvalue weighted by molar-refractivity contribution is 6.32. The van der Waals surface area contributed by atoms with Crippen LogP contribution < -0.4 is 14.8 Å². The molecule has 0 radical (unpaired) electrons. The number of nitrogens with zero attached hydrogens (tertiary/aromatic N) is 1. The summed E-state index contributed by atoms with van der Waals surface area (Å²) < 4.78 is 10.5. The van der Waals surface area contributed by atoms with E-state index in [9.17, 15) is 4.79 Å². The monoisotopic (exact) mass is 326 g/mol. The lowest BCUT2D eigenvalue weighted by atomic mass is 9.93. The Morgan fingerprint density at radius 1 is 1.27 bits per heavy atom. The second-order valence-electron chi connectivity index (χ2n) is 5.69. The largest absolute Gasteiger partial charge is 0.495 e. The number of halogens is 1. The van der Waals surface area contributed by atoms with E-state index in [1.54, 1.807) is 19.2 Å². The summed E-state index contributed by atoms with van der Waals surface area (Å²) in [7, 11) is 5.20. The fraction of sp³-hybridized carbons (Fsp3) is 0.562. The Bertz CT molecular complexity index is 528. The number of hydrogen-bond donors (Lipinski definition) is 1. The number of rotatable bonds is 5. The number of amides is 1. The molecule has 1 aliphatic rings. The van der Waals surface area contributed by atoms with Gasteiger partial charge in [-0.1, -0.05) is 11.6 Å². The minimum Gasteiger partial charge on any atom is -0.495 e. The Morgan fingerprint density at radius 2 is 1.91 bits per heavy atom. The van der Waals surface area contributed by atoms with E-state index < -0.39 is 0 Å². The number of piperidine rings is 1. The van der Waals surface area contributed by atoms with Crippen LogP contribution in [0.2, 0.25) is 5.02 Å². The Kier molecular flexibility index (Phi) is 5.91. The van der Waals surface area contributed by atoms with E-state index in [0.717, 1.165) is 25.9 Å². The summed E-state index contributed by atoms with van der Waals surface area (Å²) in [5, 5.41) is 3.36. The van der Waals surface area contributed by atoms with Crippen molar-refractivity contribution in [2.75, 3.05) is 39.7 Å². The number of benzene rings is 1. The molecule has 0 unspecified atom stereocenters. The number of anilines is 1. The maximum Gasteiger partial charge on any atom is 0.224 e. The van der Waals surface area contributed by atoms with Gasteiger partial charge in [-0.15, -0.1) is 0 Å². The number of methoxy groups -OCH3 is 2. The van der Waals surface area contributed by atoms with Gasteiger partial charge in [-0.05, 0) is 38.9 Å². The van der Waals surface area contributed by atoms with Gasteiger partial charge >= 0.3 is 0 Å². The quantitative estimate of drug-likeness (QED) is 0.903. The molecule has 1 saturated heterocycles. The third-order valence-corrected chi connectivity index (χ3v) is 4.36. The lowest BCUT2D eigenvalue weighted by molar-refractivity contribution is -0.117. The smallest absolute Gasteiger partial charge is 0.224 e. The Balaban J connectivity index is 2.01. The predicted octanol–water partition coefficient (Wildman–Crippen LogP) is 3.03. The van der Waals surface area contributed by atoms with Gasteiger partial charge in [0, 0.05) is 18.6 Å². The van der Waals surface area contributed by atoms with Crippen LogP contribution in [-0.2, 0) is 4.79 Å². The fourth-order valence-corrected chi connectivity index (χ4v) is 2.92. The summed E-state index contributed by atoms with van der Waals surface area (Å²) in [5.74, 6) is 1.48. The van der Waals surface area contributed by atoms with Crippen LogP contribution in [0.3, 0.4) is 0 Å². The molecule has 1 aromatic carbocycles. The molecule has 0 aromatic heterocycles. The topological polar surface area (TPSA) is 50.8 Å². The average molecular weight is 327 g/mol. The van der Waals surface area contributed by atoms with E-state index in [4.69, 9.17) is 21.1 Å². The minimum absolute atomic E-state index is 0.00257. The summed E-state index contributed by atoms with van der Waals surface area (Å²) in [6.45, 7) is 2.10. The summed E-state index contributed by atoms with van der Waals surface area (Å²) in [4.78, 5) is 14.6. The molecule has 0 saturated carbocycles. The van der Waals surface area contributed by atoms with Crippen molar-refractivity contribution >= 4 is 23.2 Å². The molecule has 0 spiro atoms. The highest BCUT2D eigenvalue weighted by Gasteiger charge is 2.20. The van der Waals surface area contributed by atoms with E-state index >= 15 is 0 Å². The van der Waals surface area contributed by atoms with Gasteiger partial charge in [0.2, 0.25) is 5.91 Å². The first-order valence-corrected chi connectivity index (χ1v) is 7.81. The van der Waals surface area contributed by atoms with E-state index in [1.165, 1.54) is 7.11 Å². The highest BCUT2D eigenvalue weighted by Crippen LogP contribution is 2.36. The highest BCUT2D eigenvalue weighted by atomic mass is 35.5. The van der Waals surface area contributed by atoms with Crippen LogP contribution in [0.15, 0.2) is 12.1 Å². The van der Waals surface area contributed by atoms with Gasteiger partial charge in [0.15, 0.2) is 0 Å². The van der Waals surface area contributed by atoms with Crippen LogP contribution in [0.4, 0.5) is 5.69 Å². The number of ether oxygens (including phenoxy) is 2. The normalized spacial score (nSPS) is 16.4. The summed E-state index contributed by atoms with van der Waals surface area (Å²) in [6, 6.07) is 3.33. The maximum absolute atomic E-state index is 12.3. The third kappa shape index (κ3) is 4.27. The lowest BCUT2D eigenvalue weighted by Gasteiger charge is -2.28. The van der Waals surface area contributed by atoms with Crippen LogP contribution in [0, 0.1) is 5.92 Å². The molecule has 1 aliphatic heterocycles. The van der Waals surface area contributed by atoms with Gasteiger partial charge in [-0.2, -0.15) is 0 Å². The van der Waals surface area contributed by atoms with E-state index in [2.05, 4.69) is 17.3 Å². The molecule has 1 heterocycles. The Hall–Kier alpha value is -1.46. The van der Waals surface area contributed by atoms with Crippen molar-refractivity contribution in [2.24, 2.45) is 5.92 Å². The standard InChI is InChI=1S/C16H23ClN2O3/c1-19-6-4-11(5-7-19)8-16(20)18-13-10-14(21-2)12(17)9-15(13)22-3/h9-11H,4-8H2,1-3H3,(H,18,20). The molecule has 1 amide bonds. The van der Waals surface area contributed by atoms with Crippen molar-refractivity contribution in [1.29, 1.82) is 0 Å². The number of likely N-dealkylation sites (tertiary alicyclic amines) is 1. The number of carbonyl (C=O) groups is 1. The van der Waals surface area contributed by atoms with Crippen molar-refractivity contribution in [2.45, 2.75) is 19.3 Å². The second-order valence-corrected chi connectivity index (χ2v) is 6.09. The molecule has 1 fully saturated rings. The lowest BCUT2D eigenvalue weighted by Crippen LogP contribution is -2.31. The minimum atomic E-state index is -0.00257. The number of hydrogen-bond acceptors (Lipinski definition) is 4. The van der Waals surface area contributed by atoms with Crippen molar-refractivity contribution in [3.63, 3.8) is 0 Å². The Labute approximate surface area is 136 Å². The van der Waals surface area contributed by atoms with Crippen molar-refractivity contribution in [3.8, 4) is 11.5 Å². The van der Waals surface area contributed by atoms with Crippen molar-refractivity contribution < 1.29 is 14.3 Å². The first-order chi connectivity index (χ1) is 10.5. The zero-order chi connectivity index (χ0) is 16.1. The Morgan fingerprint density at radius 3 is 2.50 bits per heavy atom. The molecule has 0 atom stereocenters. The predicted molar refractivity (Wildman–Crippen MR) is 88.0 cm³/mol. The SMILES string of the molecule is COc1cc(NC(=O)CC2CCN(C)CC2)c(OC)cc1Cl. The van der Waals surface area contributed by atoms with Crippen LogP contribution in [-0.4, -0.2) is 45.2 Å². The third-order valence-electron chi connectivity index (χ3n) is 4.06. The van der Waals surface area contributed by atoms with Crippen LogP contribution in [0.5, 0.6) is 11.5 Å². The number of carbonyl (C=O) groups excluding carboxylic acids is 1. The van der Waals surface area contributed by atoms with Crippen LogP contribution in [0.1, 0.15) is 19.3 Å². The summed E-state index contributed by atoms with van der Waals surface area (Å²) >= 11 is 6.06. The molecule has 0 bridgehead atoms. The molecule has 122 valence electrons. The van der Waals surface area contributed by atoms with E-state index in [1.807, 2.05) is 0 Å². The molecule has 6 heteroatoms. The fourth-order valence-electron chi connectivity index (χ4n) is 2.69. The number of nitrogens with one attached hydrogen (secondary N) is 1. The van der Waals surface area contributed by atoms with Crippen molar-refractivity contribution in [1.82, 2.24) is 4.90 Å².